The summed E-state index contributed by atoms with van der Waals surface area (Å²) in [5.74, 6) is -0.962. The quantitative estimate of drug-likeness (QED) is 0.819. The summed E-state index contributed by atoms with van der Waals surface area (Å²) in [4.78, 5) is 26.9. The molecule has 1 amide bonds. The number of aliphatic carboxylic acids is 1. The molecule has 0 spiro atoms. The molecule has 0 aromatic carbocycles. The van der Waals surface area contributed by atoms with Crippen molar-refractivity contribution in [3.8, 4) is 0 Å². The molecular formula is C12H14N2O3S. The highest BCUT2D eigenvalue weighted by molar-refractivity contribution is 7.16. The average molecular weight is 266 g/mol. The zero-order chi connectivity index (χ0) is 13.3. The molecule has 6 heteroatoms. The summed E-state index contributed by atoms with van der Waals surface area (Å²) < 4.78 is 0. The molecule has 1 aliphatic carbocycles. The second-order valence-corrected chi connectivity index (χ2v) is 6.04. The Kier molecular flexibility index (Phi) is 3.21. The van der Waals surface area contributed by atoms with E-state index in [1.54, 1.807) is 0 Å². The van der Waals surface area contributed by atoms with Crippen LogP contribution in [-0.4, -0.2) is 22.0 Å². The lowest BCUT2D eigenvalue weighted by Gasteiger charge is -2.02. The molecule has 1 unspecified atom stereocenters. The van der Waals surface area contributed by atoms with Gasteiger partial charge in [-0.1, -0.05) is 25.2 Å². The van der Waals surface area contributed by atoms with Gasteiger partial charge in [0.15, 0.2) is 5.13 Å². The van der Waals surface area contributed by atoms with E-state index in [2.05, 4.69) is 24.1 Å². The van der Waals surface area contributed by atoms with Crippen LogP contribution in [0, 0.1) is 11.3 Å². The third kappa shape index (κ3) is 2.95. The molecule has 1 fully saturated rings. The predicted octanol–water partition coefficient (Wildman–Crippen LogP) is 2.23. The summed E-state index contributed by atoms with van der Waals surface area (Å²) in [5.41, 5.74) is 0.0907. The number of nitrogens with zero attached hydrogens (tertiary/aromatic N) is 1. The number of rotatable bonds is 4. The smallest absolute Gasteiger partial charge is 0.328 e. The SMILES string of the molecule is CC1(C)CC1C(=O)Nc1ncc(/C=C/C(=O)O)s1. The molecule has 0 bridgehead atoms. The van der Waals surface area contributed by atoms with Gasteiger partial charge in [-0.15, -0.1) is 0 Å². The van der Waals surface area contributed by atoms with Crippen molar-refractivity contribution >= 4 is 34.4 Å². The number of hydrogen-bond donors (Lipinski definition) is 2. The third-order valence-corrected chi connectivity index (χ3v) is 3.85. The number of aromatic nitrogens is 1. The third-order valence-electron chi connectivity index (χ3n) is 2.97. The van der Waals surface area contributed by atoms with Gasteiger partial charge in [0.1, 0.15) is 0 Å². The molecule has 5 nitrogen and oxygen atoms in total. The molecule has 1 aliphatic rings. The van der Waals surface area contributed by atoms with Crippen molar-refractivity contribution in [1.29, 1.82) is 0 Å². The second-order valence-electron chi connectivity index (χ2n) is 4.97. The van der Waals surface area contributed by atoms with Gasteiger partial charge in [-0.25, -0.2) is 9.78 Å². The highest BCUT2D eigenvalue weighted by Gasteiger charge is 2.50. The van der Waals surface area contributed by atoms with E-state index in [0.717, 1.165) is 12.5 Å². The molecule has 18 heavy (non-hydrogen) atoms. The topological polar surface area (TPSA) is 79.3 Å². The van der Waals surface area contributed by atoms with E-state index >= 15 is 0 Å². The number of carbonyl (C=O) groups excluding carboxylic acids is 1. The van der Waals surface area contributed by atoms with Crippen LogP contribution in [0.25, 0.3) is 6.08 Å². The number of carboxylic acids is 1. The fourth-order valence-corrected chi connectivity index (χ4v) is 2.40. The maximum absolute atomic E-state index is 11.8. The van der Waals surface area contributed by atoms with Crippen molar-refractivity contribution in [2.24, 2.45) is 11.3 Å². The zero-order valence-electron chi connectivity index (χ0n) is 10.1. The van der Waals surface area contributed by atoms with E-state index in [1.807, 2.05) is 0 Å². The number of anilines is 1. The highest BCUT2D eigenvalue weighted by atomic mass is 32.1. The molecule has 1 atom stereocenters. The normalized spacial score (nSPS) is 20.9. The van der Waals surface area contributed by atoms with Gasteiger partial charge in [0.25, 0.3) is 0 Å². The minimum absolute atomic E-state index is 0.0110. The molecule has 1 saturated carbocycles. The van der Waals surface area contributed by atoms with Crippen molar-refractivity contribution in [3.05, 3.63) is 17.2 Å². The summed E-state index contributed by atoms with van der Waals surface area (Å²) in [7, 11) is 0. The van der Waals surface area contributed by atoms with Crippen LogP contribution >= 0.6 is 11.3 Å². The molecule has 0 radical (unpaired) electrons. The van der Waals surface area contributed by atoms with Gasteiger partial charge in [-0.05, 0) is 17.9 Å². The number of carboxylic acid groups (broad SMARTS) is 1. The Bertz CT molecular complexity index is 519. The van der Waals surface area contributed by atoms with E-state index in [0.29, 0.717) is 10.0 Å². The van der Waals surface area contributed by atoms with Crippen LogP contribution < -0.4 is 5.32 Å². The number of carbonyl (C=O) groups is 2. The maximum atomic E-state index is 11.8. The average Bonchev–Trinajstić information content (AvgIpc) is 2.72. The Labute approximate surface area is 109 Å². The molecule has 1 heterocycles. The number of nitrogens with one attached hydrogen (secondary N) is 1. The van der Waals surface area contributed by atoms with Gasteiger partial charge < -0.3 is 10.4 Å². The van der Waals surface area contributed by atoms with E-state index in [1.165, 1.54) is 23.6 Å². The van der Waals surface area contributed by atoms with Crippen molar-refractivity contribution in [2.45, 2.75) is 20.3 Å². The molecule has 1 aromatic heterocycles. The van der Waals surface area contributed by atoms with E-state index < -0.39 is 5.97 Å². The Morgan fingerprint density at radius 2 is 2.28 bits per heavy atom. The van der Waals surface area contributed by atoms with E-state index in [-0.39, 0.29) is 17.2 Å². The molecule has 0 aliphatic heterocycles. The maximum Gasteiger partial charge on any atom is 0.328 e. The van der Waals surface area contributed by atoms with Crippen molar-refractivity contribution in [1.82, 2.24) is 4.98 Å². The minimum Gasteiger partial charge on any atom is -0.478 e. The second kappa shape index (κ2) is 4.53. The fourth-order valence-electron chi connectivity index (χ4n) is 1.68. The molecule has 2 N–H and O–H groups in total. The first-order valence-corrected chi connectivity index (χ1v) is 6.38. The summed E-state index contributed by atoms with van der Waals surface area (Å²) >= 11 is 1.26. The van der Waals surface area contributed by atoms with Crippen LogP contribution in [0.2, 0.25) is 0 Å². The van der Waals surface area contributed by atoms with Gasteiger partial charge in [-0.2, -0.15) is 0 Å². The van der Waals surface area contributed by atoms with Gasteiger partial charge in [-0.3, -0.25) is 4.79 Å². The minimum atomic E-state index is -1.01. The summed E-state index contributed by atoms with van der Waals surface area (Å²) in [6, 6.07) is 0. The lowest BCUT2D eigenvalue weighted by atomic mass is 10.1. The summed E-state index contributed by atoms with van der Waals surface area (Å²) in [5, 5.41) is 11.8. The van der Waals surface area contributed by atoms with Crippen molar-refractivity contribution in [3.63, 3.8) is 0 Å². The van der Waals surface area contributed by atoms with Crippen LogP contribution in [0.1, 0.15) is 25.1 Å². The van der Waals surface area contributed by atoms with Crippen molar-refractivity contribution in [2.75, 3.05) is 5.32 Å². The van der Waals surface area contributed by atoms with Crippen LogP contribution in [0.3, 0.4) is 0 Å². The molecule has 1 aromatic rings. The first-order valence-electron chi connectivity index (χ1n) is 5.56. The molecular weight excluding hydrogens is 252 g/mol. The number of amides is 1. The van der Waals surface area contributed by atoms with Gasteiger partial charge >= 0.3 is 5.97 Å². The molecule has 2 rings (SSSR count). The van der Waals surface area contributed by atoms with Crippen LogP contribution in [0.4, 0.5) is 5.13 Å². The Hall–Kier alpha value is -1.69. The van der Waals surface area contributed by atoms with Crippen LogP contribution in [-0.2, 0) is 9.59 Å². The molecule has 96 valence electrons. The Balaban J connectivity index is 1.95. The lowest BCUT2D eigenvalue weighted by Crippen LogP contribution is -2.16. The monoisotopic (exact) mass is 266 g/mol. The first-order chi connectivity index (χ1) is 8.38. The highest BCUT2D eigenvalue weighted by Crippen LogP contribution is 2.52. The summed E-state index contributed by atoms with van der Waals surface area (Å²) in [6.45, 7) is 4.11. The van der Waals surface area contributed by atoms with Crippen LogP contribution in [0.5, 0.6) is 0 Å². The lowest BCUT2D eigenvalue weighted by molar-refractivity contribution is -0.131. The largest absolute Gasteiger partial charge is 0.478 e. The van der Waals surface area contributed by atoms with Gasteiger partial charge in [0.2, 0.25) is 5.91 Å². The zero-order valence-corrected chi connectivity index (χ0v) is 11.0. The summed E-state index contributed by atoms with van der Waals surface area (Å²) in [6.07, 6.45) is 4.94. The van der Waals surface area contributed by atoms with Crippen molar-refractivity contribution < 1.29 is 14.7 Å². The van der Waals surface area contributed by atoms with E-state index in [9.17, 15) is 9.59 Å². The number of hydrogen-bond acceptors (Lipinski definition) is 4. The molecule has 0 saturated heterocycles. The van der Waals surface area contributed by atoms with Crippen LogP contribution in [0.15, 0.2) is 12.3 Å². The van der Waals surface area contributed by atoms with E-state index in [4.69, 9.17) is 5.11 Å². The first kappa shape index (κ1) is 12.8. The Morgan fingerprint density at radius 3 is 2.83 bits per heavy atom. The Morgan fingerprint density at radius 1 is 1.61 bits per heavy atom. The predicted molar refractivity (Wildman–Crippen MR) is 69.3 cm³/mol. The van der Waals surface area contributed by atoms with Gasteiger partial charge in [0, 0.05) is 23.1 Å². The standard InChI is InChI=1S/C12H14N2O3S/c1-12(2)5-8(12)10(17)14-11-13-6-7(18-11)3-4-9(15)16/h3-4,6,8H,5H2,1-2H3,(H,15,16)(H,13,14,17)/b4-3+. The fraction of sp³-hybridized carbons (Fsp3) is 0.417. The number of thiazole rings is 1. The van der Waals surface area contributed by atoms with Gasteiger partial charge in [0.05, 0.1) is 0 Å².